The monoisotopic (exact) mass is 263 g/mol. The minimum Gasteiger partial charge on any atom is -0.327 e. The molecule has 4 saturated carbocycles. The Hall–Kier alpha value is -0.530. The summed E-state index contributed by atoms with van der Waals surface area (Å²) >= 11 is 0. The molecule has 1 aromatic carbocycles. The summed E-state index contributed by atoms with van der Waals surface area (Å²) in [7, 11) is 0. The summed E-state index contributed by atoms with van der Waals surface area (Å²) < 4.78 is 0. The van der Waals surface area contributed by atoms with E-state index in [1.807, 2.05) is 0 Å². The van der Waals surface area contributed by atoms with Crippen LogP contribution in [0.25, 0.3) is 0 Å². The minimum atomic E-state index is 0. The van der Waals surface area contributed by atoms with Crippen LogP contribution in [0.5, 0.6) is 0 Å². The molecular formula is C16H22ClN. The first-order valence-corrected chi connectivity index (χ1v) is 7.09. The number of nitrogens with two attached hydrogens (primary N) is 1. The number of halogens is 1. The molecule has 0 amide bonds. The molecule has 2 heteroatoms. The summed E-state index contributed by atoms with van der Waals surface area (Å²) in [5.74, 6) is 2.74. The Bertz CT molecular complexity index is 416. The van der Waals surface area contributed by atoms with Crippen LogP contribution in [0.3, 0.4) is 0 Å². The normalized spacial score (nSPS) is 44.7. The lowest BCUT2D eigenvalue weighted by Gasteiger charge is -2.60. The van der Waals surface area contributed by atoms with Gasteiger partial charge in [-0.25, -0.2) is 0 Å². The Morgan fingerprint density at radius 1 is 0.944 bits per heavy atom. The highest BCUT2D eigenvalue weighted by molar-refractivity contribution is 5.85. The van der Waals surface area contributed by atoms with Crippen LogP contribution < -0.4 is 5.73 Å². The van der Waals surface area contributed by atoms with Gasteiger partial charge in [0.05, 0.1) is 0 Å². The molecule has 0 saturated heterocycles. The molecule has 98 valence electrons. The molecule has 1 nitrogen and oxygen atoms in total. The van der Waals surface area contributed by atoms with Crippen LogP contribution in [-0.2, 0) is 5.41 Å². The lowest BCUT2D eigenvalue weighted by Crippen LogP contribution is -2.61. The summed E-state index contributed by atoms with van der Waals surface area (Å²) in [4.78, 5) is 0. The molecule has 0 heterocycles. The second-order valence-electron chi connectivity index (χ2n) is 6.66. The van der Waals surface area contributed by atoms with Crippen LogP contribution >= 0.6 is 12.4 Å². The number of benzene rings is 1. The van der Waals surface area contributed by atoms with Crippen molar-refractivity contribution >= 4 is 12.4 Å². The zero-order valence-electron chi connectivity index (χ0n) is 10.7. The van der Waals surface area contributed by atoms with Crippen molar-refractivity contribution in [2.45, 2.75) is 43.6 Å². The maximum atomic E-state index is 6.63. The van der Waals surface area contributed by atoms with E-state index in [-0.39, 0.29) is 12.4 Å². The van der Waals surface area contributed by atoms with Crippen molar-refractivity contribution in [1.82, 2.24) is 0 Å². The van der Waals surface area contributed by atoms with Gasteiger partial charge in [0.1, 0.15) is 0 Å². The van der Waals surface area contributed by atoms with Gasteiger partial charge in [-0.3, -0.25) is 0 Å². The molecule has 2 N–H and O–H groups in total. The smallest absolute Gasteiger partial charge is 0.0165 e. The molecule has 5 rings (SSSR count). The van der Waals surface area contributed by atoms with Gasteiger partial charge >= 0.3 is 0 Å². The van der Waals surface area contributed by atoms with Crippen LogP contribution in [0.15, 0.2) is 30.3 Å². The Kier molecular flexibility index (Phi) is 2.95. The van der Waals surface area contributed by atoms with Gasteiger partial charge < -0.3 is 5.73 Å². The highest BCUT2D eigenvalue weighted by atomic mass is 35.5. The van der Waals surface area contributed by atoms with E-state index in [0.717, 1.165) is 17.8 Å². The Morgan fingerprint density at radius 2 is 1.56 bits per heavy atom. The van der Waals surface area contributed by atoms with E-state index in [9.17, 15) is 0 Å². The molecule has 5 atom stereocenters. The van der Waals surface area contributed by atoms with Gasteiger partial charge in [-0.15, -0.1) is 12.4 Å². The Labute approximate surface area is 116 Å². The third-order valence-corrected chi connectivity index (χ3v) is 5.74. The second-order valence-corrected chi connectivity index (χ2v) is 6.66. The third kappa shape index (κ3) is 1.57. The van der Waals surface area contributed by atoms with Crippen LogP contribution in [0.4, 0.5) is 0 Å². The molecule has 0 radical (unpaired) electrons. The maximum absolute atomic E-state index is 6.63. The van der Waals surface area contributed by atoms with Crippen LogP contribution in [0, 0.1) is 17.8 Å². The van der Waals surface area contributed by atoms with E-state index in [4.69, 9.17) is 5.73 Å². The quantitative estimate of drug-likeness (QED) is 0.824. The van der Waals surface area contributed by atoms with E-state index in [1.165, 1.54) is 37.7 Å². The van der Waals surface area contributed by atoms with Crippen LogP contribution in [0.2, 0.25) is 0 Å². The van der Waals surface area contributed by atoms with Gasteiger partial charge in [0, 0.05) is 11.5 Å². The van der Waals surface area contributed by atoms with Crippen molar-refractivity contribution in [2.24, 2.45) is 23.5 Å². The van der Waals surface area contributed by atoms with E-state index in [2.05, 4.69) is 30.3 Å². The highest BCUT2D eigenvalue weighted by Crippen LogP contribution is 2.60. The topological polar surface area (TPSA) is 26.0 Å². The molecule has 4 fully saturated rings. The molecule has 1 aromatic rings. The average molecular weight is 264 g/mol. The van der Waals surface area contributed by atoms with Gasteiger partial charge in [-0.2, -0.15) is 0 Å². The predicted octanol–water partition coefficient (Wildman–Crippen LogP) is 3.51. The average Bonchev–Trinajstić information content (AvgIpc) is 2.36. The van der Waals surface area contributed by atoms with E-state index < -0.39 is 0 Å². The summed E-state index contributed by atoms with van der Waals surface area (Å²) in [6.07, 6.45) is 7.01. The third-order valence-electron chi connectivity index (χ3n) is 5.74. The molecule has 4 aliphatic rings. The molecule has 4 aliphatic carbocycles. The molecule has 2 unspecified atom stereocenters. The maximum Gasteiger partial charge on any atom is 0.0165 e. The van der Waals surface area contributed by atoms with Gasteiger partial charge in [0.25, 0.3) is 0 Å². The molecule has 0 spiro atoms. The first kappa shape index (κ1) is 12.5. The van der Waals surface area contributed by atoms with Crippen molar-refractivity contribution < 1.29 is 0 Å². The highest BCUT2D eigenvalue weighted by Gasteiger charge is 2.56. The Morgan fingerprint density at radius 3 is 2.17 bits per heavy atom. The summed E-state index contributed by atoms with van der Waals surface area (Å²) in [5, 5.41) is 0. The number of hydrogen-bond acceptors (Lipinski definition) is 1. The second kappa shape index (κ2) is 4.25. The fourth-order valence-electron chi connectivity index (χ4n) is 5.28. The van der Waals surface area contributed by atoms with Gasteiger partial charge in [0.15, 0.2) is 0 Å². The first-order chi connectivity index (χ1) is 8.28. The van der Waals surface area contributed by atoms with Crippen molar-refractivity contribution in [3.05, 3.63) is 35.9 Å². The molecular weight excluding hydrogens is 242 g/mol. The molecule has 4 bridgehead atoms. The van der Waals surface area contributed by atoms with E-state index in [1.54, 1.807) is 0 Å². The molecule has 18 heavy (non-hydrogen) atoms. The van der Waals surface area contributed by atoms with E-state index in [0.29, 0.717) is 11.5 Å². The van der Waals surface area contributed by atoms with Gasteiger partial charge in [-0.1, -0.05) is 30.3 Å². The summed E-state index contributed by atoms with van der Waals surface area (Å²) in [6, 6.07) is 11.5. The summed E-state index contributed by atoms with van der Waals surface area (Å²) in [6.45, 7) is 0. The van der Waals surface area contributed by atoms with Crippen LogP contribution in [0.1, 0.15) is 37.7 Å². The fourth-order valence-corrected chi connectivity index (χ4v) is 5.28. The van der Waals surface area contributed by atoms with Gasteiger partial charge in [-0.05, 0) is 55.4 Å². The molecule has 0 aliphatic heterocycles. The minimum absolute atomic E-state index is 0. The van der Waals surface area contributed by atoms with Crippen molar-refractivity contribution in [3.8, 4) is 0 Å². The van der Waals surface area contributed by atoms with Crippen molar-refractivity contribution in [1.29, 1.82) is 0 Å². The predicted molar refractivity (Wildman–Crippen MR) is 76.9 cm³/mol. The standard InChI is InChI=1S/C16H21N.ClH/c17-15-13-7-11-6-12(8-13)10-16(15,9-11)14-4-2-1-3-5-14;/h1-5,11-13,15H,6-10,17H2;1H/t11-,12+,13?,15-,16?;/m0./s1. The van der Waals surface area contributed by atoms with Crippen molar-refractivity contribution in [2.75, 3.05) is 0 Å². The van der Waals surface area contributed by atoms with Crippen LogP contribution in [-0.4, -0.2) is 6.04 Å². The lowest BCUT2D eigenvalue weighted by atomic mass is 9.46. The largest absolute Gasteiger partial charge is 0.327 e. The van der Waals surface area contributed by atoms with Crippen molar-refractivity contribution in [3.63, 3.8) is 0 Å². The number of hydrogen-bond donors (Lipinski definition) is 1. The van der Waals surface area contributed by atoms with Gasteiger partial charge in [0.2, 0.25) is 0 Å². The zero-order valence-corrected chi connectivity index (χ0v) is 11.5. The first-order valence-electron chi connectivity index (χ1n) is 7.09. The van der Waals surface area contributed by atoms with E-state index >= 15 is 0 Å². The fraction of sp³-hybridized carbons (Fsp3) is 0.625. The zero-order chi connectivity index (χ0) is 11.5. The SMILES string of the molecule is Cl.N[C@H]1C2C[C@@H]3C[C@H](C2)CC1(c1ccccc1)C3. The number of rotatable bonds is 1. The Balaban J connectivity index is 0.000001000. The molecule has 0 aromatic heterocycles. The lowest BCUT2D eigenvalue weighted by molar-refractivity contribution is -0.0247. The summed E-state index contributed by atoms with van der Waals surface area (Å²) in [5.41, 5.74) is 8.48.